The molecule has 0 aromatic heterocycles. The van der Waals surface area contributed by atoms with Crippen LogP contribution in [0.4, 0.5) is 8.78 Å². The lowest BCUT2D eigenvalue weighted by Crippen LogP contribution is -2.30. The molecule has 1 aliphatic carbocycles. The van der Waals surface area contributed by atoms with E-state index in [4.69, 9.17) is 0 Å². The first-order valence-corrected chi connectivity index (χ1v) is 7.78. The zero-order valence-electron chi connectivity index (χ0n) is 12.6. The molecule has 2 N–H and O–H groups in total. The van der Waals surface area contributed by atoms with E-state index in [9.17, 15) is 18.4 Å². The van der Waals surface area contributed by atoms with Crippen LogP contribution in [0.2, 0.25) is 0 Å². The molecule has 6 heteroatoms. The van der Waals surface area contributed by atoms with E-state index in [1.807, 2.05) is 0 Å². The smallest absolute Gasteiger partial charge is 0.248 e. The largest absolute Gasteiger partial charge is 0.352 e. The first-order chi connectivity index (χ1) is 11.0. The average Bonchev–Trinajstić information content (AvgIpc) is 2.84. The Morgan fingerprint density at radius 3 is 2.96 bits per heavy atom. The second kappa shape index (κ2) is 6.48. The van der Waals surface area contributed by atoms with Gasteiger partial charge in [0.05, 0.1) is 12.5 Å². The van der Waals surface area contributed by atoms with Crippen LogP contribution in [-0.4, -0.2) is 17.9 Å². The van der Waals surface area contributed by atoms with E-state index in [0.29, 0.717) is 5.57 Å². The molecule has 1 aromatic rings. The van der Waals surface area contributed by atoms with Crippen molar-refractivity contribution in [1.82, 2.24) is 10.6 Å². The fraction of sp³-hybridized carbons (Fsp3) is 0.412. The topological polar surface area (TPSA) is 58.2 Å². The Balaban J connectivity index is 1.63. The highest BCUT2D eigenvalue weighted by Gasteiger charge is 2.33. The molecule has 2 amide bonds. The number of hydrogen-bond acceptors (Lipinski definition) is 2. The van der Waals surface area contributed by atoms with Crippen LogP contribution in [0.3, 0.4) is 0 Å². The Hall–Kier alpha value is -2.24. The van der Waals surface area contributed by atoms with Crippen LogP contribution in [0, 0.1) is 11.6 Å². The summed E-state index contributed by atoms with van der Waals surface area (Å²) in [5.41, 5.74) is 1.66. The van der Waals surface area contributed by atoms with Crippen molar-refractivity contribution in [1.29, 1.82) is 0 Å². The van der Waals surface area contributed by atoms with Crippen molar-refractivity contribution in [2.75, 3.05) is 0 Å². The summed E-state index contributed by atoms with van der Waals surface area (Å²) >= 11 is 0. The first-order valence-electron chi connectivity index (χ1n) is 7.78. The van der Waals surface area contributed by atoms with E-state index in [1.54, 1.807) is 0 Å². The molecule has 1 aliphatic heterocycles. The van der Waals surface area contributed by atoms with E-state index in [2.05, 4.69) is 10.6 Å². The molecule has 0 radical (unpaired) electrons. The van der Waals surface area contributed by atoms with Gasteiger partial charge in [-0.25, -0.2) is 8.78 Å². The molecule has 23 heavy (non-hydrogen) atoms. The van der Waals surface area contributed by atoms with E-state index < -0.39 is 11.6 Å². The van der Waals surface area contributed by atoms with Crippen molar-refractivity contribution in [3.05, 3.63) is 46.5 Å². The van der Waals surface area contributed by atoms with Crippen LogP contribution in [0.1, 0.15) is 37.7 Å². The van der Waals surface area contributed by atoms with Crippen molar-refractivity contribution < 1.29 is 18.4 Å². The van der Waals surface area contributed by atoms with E-state index in [-0.39, 0.29) is 36.4 Å². The normalized spacial score (nSPS) is 20.3. The van der Waals surface area contributed by atoms with Gasteiger partial charge >= 0.3 is 0 Å². The lowest BCUT2D eigenvalue weighted by atomic mass is 9.88. The van der Waals surface area contributed by atoms with Crippen LogP contribution in [0.15, 0.2) is 29.3 Å². The predicted molar refractivity (Wildman–Crippen MR) is 80.2 cm³/mol. The van der Waals surface area contributed by atoms with Crippen molar-refractivity contribution in [3.8, 4) is 0 Å². The maximum Gasteiger partial charge on any atom is 0.248 e. The summed E-state index contributed by atoms with van der Waals surface area (Å²) in [6.45, 7) is -0.101. The highest BCUT2D eigenvalue weighted by Crippen LogP contribution is 2.32. The quantitative estimate of drug-likeness (QED) is 0.894. The molecule has 3 rings (SSSR count). The molecule has 4 nitrogen and oxygen atoms in total. The third-order valence-electron chi connectivity index (χ3n) is 4.40. The molecule has 0 bridgehead atoms. The van der Waals surface area contributed by atoms with Gasteiger partial charge in [-0.05, 0) is 43.0 Å². The maximum atomic E-state index is 13.5. The lowest BCUT2D eigenvalue weighted by molar-refractivity contribution is -0.123. The molecule has 1 unspecified atom stereocenters. The molecular formula is C17H18F2N2O2. The molecule has 1 fully saturated rings. The molecule has 0 saturated heterocycles. The summed E-state index contributed by atoms with van der Waals surface area (Å²) in [7, 11) is 0. The van der Waals surface area contributed by atoms with Crippen molar-refractivity contribution >= 4 is 11.8 Å². The van der Waals surface area contributed by atoms with E-state index in [0.717, 1.165) is 49.5 Å². The third kappa shape index (κ3) is 3.41. The summed E-state index contributed by atoms with van der Waals surface area (Å²) < 4.78 is 26.6. The number of hydrogen-bond donors (Lipinski definition) is 2. The van der Waals surface area contributed by atoms with Crippen LogP contribution in [0.25, 0.3) is 0 Å². The van der Waals surface area contributed by atoms with Crippen molar-refractivity contribution in [3.63, 3.8) is 0 Å². The Labute approximate surface area is 132 Å². The zero-order chi connectivity index (χ0) is 16.4. The van der Waals surface area contributed by atoms with Crippen molar-refractivity contribution in [2.45, 2.75) is 44.7 Å². The number of amides is 2. The predicted octanol–water partition coefficient (Wildman–Crippen LogP) is 2.34. The molecule has 1 saturated carbocycles. The van der Waals surface area contributed by atoms with E-state index in [1.165, 1.54) is 0 Å². The van der Waals surface area contributed by atoms with Gasteiger partial charge in [-0.3, -0.25) is 9.59 Å². The summed E-state index contributed by atoms with van der Waals surface area (Å²) in [5, 5.41) is 5.45. The highest BCUT2D eigenvalue weighted by molar-refractivity contribution is 6.02. The average molecular weight is 320 g/mol. The van der Waals surface area contributed by atoms with E-state index >= 15 is 0 Å². The maximum absolute atomic E-state index is 13.5. The minimum atomic E-state index is -0.570. The lowest BCUT2D eigenvalue weighted by Gasteiger charge is -2.20. The van der Waals surface area contributed by atoms with Crippen LogP contribution < -0.4 is 10.6 Å². The summed E-state index contributed by atoms with van der Waals surface area (Å²) in [6.07, 6.45) is 3.84. The van der Waals surface area contributed by atoms with Gasteiger partial charge in [-0.15, -0.1) is 0 Å². The fourth-order valence-electron chi connectivity index (χ4n) is 3.21. The molecule has 2 aliphatic rings. The van der Waals surface area contributed by atoms with Crippen molar-refractivity contribution in [2.24, 2.45) is 0 Å². The number of rotatable bonds is 4. The third-order valence-corrected chi connectivity index (χ3v) is 4.40. The Morgan fingerprint density at radius 1 is 1.30 bits per heavy atom. The zero-order valence-corrected chi connectivity index (χ0v) is 12.6. The van der Waals surface area contributed by atoms with Crippen LogP contribution in [0.5, 0.6) is 0 Å². The van der Waals surface area contributed by atoms with Gasteiger partial charge in [0.25, 0.3) is 0 Å². The number of fused-ring (bicyclic) bond motifs is 1. The van der Waals surface area contributed by atoms with Crippen LogP contribution in [-0.2, 0) is 16.1 Å². The SMILES string of the molecule is O=C(CC1=C2CCCCC2NC1=O)NCc1cc(F)ccc1F. The second-order valence-corrected chi connectivity index (χ2v) is 5.96. The number of nitrogens with one attached hydrogen (secondary N) is 2. The highest BCUT2D eigenvalue weighted by atomic mass is 19.1. The molecule has 1 heterocycles. The van der Waals surface area contributed by atoms with Gasteiger partial charge in [0.2, 0.25) is 11.8 Å². The van der Waals surface area contributed by atoms with Crippen LogP contribution >= 0.6 is 0 Å². The summed E-state index contributed by atoms with van der Waals surface area (Å²) in [6, 6.07) is 3.17. The monoisotopic (exact) mass is 320 g/mol. The first kappa shape index (κ1) is 15.6. The van der Waals surface area contributed by atoms with Gasteiger partial charge in [0.1, 0.15) is 11.6 Å². The minimum Gasteiger partial charge on any atom is -0.352 e. The van der Waals surface area contributed by atoms with Gasteiger partial charge in [0.15, 0.2) is 0 Å². The van der Waals surface area contributed by atoms with Gasteiger partial charge in [0, 0.05) is 17.7 Å². The number of halogens is 2. The summed E-state index contributed by atoms with van der Waals surface area (Å²) in [5.74, 6) is -1.67. The summed E-state index contributed by atoms with van der Waals surface area (Å²) in [4.78, 5) is 24.0. The second-order valence-electron chi connectivity index (χ2n) is 5.96. The fourth-order valence-corrected chi connectivity index (χ4v) is 3.21. The minimum absolute atomic E-state index is 0.0192. The molecule has 122 valence electrons. The molecule has 1 aromatic carbocycles. The van der Waals surface area contributed by atoms with Gasteiger partial charge in [-0.1, -0.05) is 6.42 Å². The van der Waals surface area contributed by atoms with Gasteiger partial charge in [-0.2, -0.15) is 0 Å². The number of carbonyl (C=O) groups excluding carboxylic acids is 2. The Morgan fingerprint density at radius 2 is 2.13 bits per heavy atom. The van der Waals surface area contributed by atoms with Gasteiger partial charge < -0.3 is 10.6 Å². The number of carbonyl (C=O) groups is 2. The number of benzene rings is 1. The molecule has 1 atom stereocenters. The Kier molecular flexibility index (Phi) is 4.41. The Bertz CT molecular complexity index is 685. The molecule has 0 spiro atoms. The standard InChI is InChI=1S/C17H18F2N2O2/c18-11-5-6-14(19)10(7-11)9-20-16(22)8-13-12-3-1-2-4-15(12)21-17(13)23/h5-7,15H,1-4,8-9H2,(H,20,22)(H,21,23). The molecular weight excluding hydrogens is 302 g/mol.